The van der Waals surface area contributed by atoms with Crippen molar-refractivity contribution in [2.45, 2.75) is 19.9 Å². The Hall–Kier alpha value is -3.89. The molecule has 3 aromatic heterocycles. The highest BCUT2D eigenvalue weighted by molar-refractivity contribution is 5.88. The van der Waals surface area contributed by atoms with Gasteiger partial charge in [-0.25, -0.2) is 23.2 Å². The number of ether oxygens (including phenoxy) is 2. The molecule has 1 atom stereocenters. The zero-order valence-electron chi connectivity index (χ0n) is 16.9. The fraction of sp³-hybridized carbons (Fsp3) is 0.250. The van der Waals surface area contributed by atoms with Crippen molar-refractivity contribution in [1.82, 2.24) is 29.5 Å². The first kappa shape index (κ1) is 20.4. The lowest BCUT2D eigenvalue weighted by atomic mass is 10.1. The molecule has 0 bridgehead atoms. The molecule has 0 saturated carbocycles. The van der Waals surface area contributed by atoms with E-state index in [-0.39, 0.29) is 29.6 Å². The van der Waals surface area contributed by atoms with Gasteiger partial charge in [0, 0.05) is 17.8 Å². The predicted molar refractivity (Wildman–Crippen MR) is 105 cm³/mol. The molecule has 0 unspecified atom stereocenters. The zero-order chi connectivity index (χ0) is 22.1. The Kier molecular flexibility index (Phi) is 5.32. The summed E-state index contributed by atoms with van der Waals surface area (Å²) in [5.74, 6) is -1.52. The Morgan fingerprint density at radius 3 is 2.71 bits per heavy atom. The molecule has 1 aromatic carbocycles. The predicted octanol–water partition coefficient (Wildman–Crippen LogP) is 3.08. The van der Waals surface area contributed by atoms with Crippen LogP contribution in [0.15, 0.2) is 36.8 Å². The van der Waals surface area contributed by atoms with Crippen molar-refractivity contribution in [2.75, 3.05) is 13.7 Å². The van der Waals surface area contributed by atoms with E-state index in [1.54, 1.807) is 13.8 Å². The molecule has 0 aliphatic carbocycles. The van der Waals surface area contributed by atoms with Crippen molar-refractivity contribution in [3.63, 3.8) is 0 Å². The molecular formula is C20H18F2N6O3. The van der Waals surface area contributed by atoms with Gasteiger partial charge < -0.3 is 9.47 Å². The van der Waals surface area contributed by atoms with Gasteiger partial charge in [0.2, 0.25) is 5.88 Å². The maximum absolute atomic E-state index is 14.3. The van der Waals surface area contributed by atoms with Gasteiger partial charge in [-0.2, -0.15) is 15.2 Å². The highest BCUT2D eigenvalue weighted by Gasteiger charge is 2.22. The molecule has 0 spiro atoms. The molecule has 0 saturated heterocycles. The third-order valence-electron chi connectivity index (χ3n) is 4.67. The number of aromatic nitrogens is 6. The number of esters is 1. The summed E-state index contributed by atoms with van der Waals surface area (Å²) in [5.41, 5.74) is 1.36. The summed E-state index contributed by atoms with van der Waals surface area (Å²) in [6.07, 6.45) is 4.27. The van der Waals surface area contributed by atoms with Crippen LogP contribution in [-0.2, 0) is 4.74 Å². The number of rotatable bonds is 6. The normalized spacial score (nSPS) is 12.2. The maximum Gasteiger partial charge on any atom is 0.341 e. The number of fused-ring (bicyclic) bond motifs is 1. The molecule has 0 aliphatic heterocycles. The Morgan fingerprint density at radius 2 is 2.00 bits per heavy atom. The first-order valence-electron chi connectivity index (χ1n) is 9.39. The van der Waals surface area contributed by atoms with Crippen LogP contribution in [0.5, 0.6) is 5.88 Å². The van der Waals surface area contributed by atoms with Crippen LogP contribution in [0.2, 0.25) is 0 Å². The number of carbonyl (C=O) groups is 1. The quantitative estimate of drug-likeness (QED) is 0.435. The third-order valence-corrected chi connectivity index (χ3v) is 4.67. The Morgan fingerprint density at radius 1 is 1.19 bits per heavy atom. The number of methoxy groups -OCH3 is 1. The lowest BCUT2D eigenvalue weighted by molar-refractivity contribution is 0.0526. The highest BCUT2D eigenvalue weighted by atomic mass is 19.1. The lowest BCUT2D eigenvalue weighted by Gasteiger charge is -2.16. The van der Waals surface area contributed by atoms with Crippen molar-refractivity contribution in [1.29, 1.82) is 0 Å². The molecule has 4 aromatic rings. The van der Waals surface area contributed by atoms with Gasteiger partial charge in [-0.1, -0.05) is 6.07 Å². The molecule has 0 radical (unpaired) electrons. The molecule has 0 fully saturated rings. The smallest absolute Gasteiger partial charge is 0.341 e. The molecule has 11 heteroatoms. The van der Waals surface area contributed by atoms with Crippen LogP contribution in [-0.4, -0.2) is 49.2 Å². The molecule has 0 N–H and O–H groups in total. The minimum atomic E-state index is -0.685. The topological polar surface area (TPSA) is 97.0 Å². The van der Waals surface area contributed by atoms with Crippen LogP contribution in [0, 0.1) is 11.6 Å². The van der Waals surface area contributed by atoms with Gasteiger partial charge in [-0.05, 0) is 19.9 Å². The van der Waals surface area contributed by atoms with Crippen LogP contribution in [0.3, 0.4) is 0 Å². The van der Waals surface area contributed by atoms with E-state index in [0.717, 1.165) is 6.07 Å². The second-order valence-electron chi connectivity index (χ2n) is 6.59. The summed E-state index contributed by atoms with van der Waals surface area (Å²) in [7, 11) is 1.43. The number of carbonyl (C=O) groups excluding carboxylic acids is 1. The number of nitrogens with zero attached hydrogens (tertiary/aromatic N) is 6. The van der Waals surface area contributed by atoms with Gasteiger partial charge in [0.05, 0.1) is 37.7 Å². The molecule has 4 rings (SSSR count). The van der Waals surface area contributed by atoms with Crippen molar-refractivity contribution in [2.24, 2.45) is 0 Å². The van der Waals surface area contributed by atoms with E-state index in [9.17, 15) is 13.6 Å². The first-order chi connectivity index (χ1) is 14.9. The fourth-order valence-corrected chi connectivity index (χ4v) is 3.18. The lowest BCUT2D eigenvalue weighted by Crippen LogP contribution is -2.12. The summed E-state index contributed by atoms with van der Waals surface area (Å²) < 4.78 is 40.8. The summed E-state index contributed by atoms with van der Waals surface area (Å²) in [6, 6.07) is 2.79. The van der Waals surface area contributed by atoms with Crippen molar-refractivity contribution >= 4 is 17.0 Å². The van der Waals surface area contributed by atoms with Crippen molar-refractivity contribution in [3.8, 4) is 11.8 Å². The molecule has 160 valence electrons. The van der Waals surface area contributed by atoms with Gasteiger partial charge in [0.25, 0.3) is 5.95 Å². The summed E-state index contributed by atoms with van der Waals surface area (Å²) in [4.78, 5) is 20.7. The first-order valence-corrected chi connectivity index (χ1v) is 9.39. The highest BCUT2D eigenvalue weighted by Crippen LogP contribution is 2.29. The van der Waals surface area contributed by atoms with E-state index in [0.29, 0.717) is 11.0 Å². The molecule has 31 heavy (non-hydrogen) atoms. The van der Waals surface area contributed by atoms with Crippen LogP contribution in [0.1, 0.15) is 35.8 Å². The van der Waals surface area contributed by atoms with E-state index in [1.165, 1.54) is 47.2 Å². The van der Waals surface area contributed by atoms with Crippen LogP contribution >= 0.6 is 0 Å². The zero-order valence-corrected chi connectivity index (χ0v) is 16.9. The molecular weight excluding hydrogens is 410 g/mol. The maximum atomic E-state index is 14.3. The fourth-order valence-electron chi connectivity index (χ4n) is 3.18. The van der Waals surface area contributed by atoms with E-state index >= 15 is 0 Å². The van der Waals surface area contributed by atoms with Crippen LogP contribution < -0.4 is 4.74 Å². The standard InChI is InChI=1S/C20H18F2N6O3/c1-4-31-19(29)12-8-23-27(10-12)20-25-16-9-24-28(17(16)18(26-20)30-3)11(2)14-6-5-13(21)7-15(14)22/h5-11H,4H2,1-3H3/t11-/m0/s1. The van der Waals surface area contributed by atoms with Gasteiger partial charge in [-0.15, -0.1) is 0 Å². The number of hydrogen-bond donors (Lipinski definition) is 0. The largest absolute Gasteiger partial charge is 0.479 e. The van der Waals surface area contributed by atoms with Gasteiger partial charge >= 0.3 is 5.97 Å². The van der Waals surface area contributed by atoms with Crippen LogP contribution in [0.25, 0.3) is 17.0 Å². The number of halogens is 2. The van der Waals surface area contributed by atoms with Crippen molar-refractivity contribution < 1.29 is 23.0 Å². The van der Waals surface area contributed by atoms with E-state index < -0.39 is 23.6 Å². The van der Waals surface area contributed by atoms with Crippen LogP contribution in [0.4, 0.5) is 8.78 Å². The summed E-state index contributed by atoms with van der Waals surface area (Å²) >= 11 is 0. The average molecular weight is 428 g/mol. The van der Waals surface area contributed by atoms with Gasteiger partial charge in [-0.3, -0.25) is 4.68 Å². The summed E-state index contributed by atoms with van der Waals surface area (Å²) in [6.45, 7) is 3.67. The third kappa shape index (κ3) is 3.69. The Balaban J connectivity index is 1.76. The molecule has 9 nitrogen and oxygen atoms in total. The van der Waals surface area contributed by atoms with Gasteiger partial charge in [0.15, 0.2) is 0 Å². The summed E-state index contributed by atoms with van der Waals surface area (Å²) in [5, 5.41) is 8.41. The van der Waals surface area contributed by atoms with Gasteiger partial charge in [0.1, 0.15) is 22.7 Å². The molecule has 0 aliphatic rings. The van der Waals surface area contributed by atoms with E-state index in [4.69, 9.17) is 9.47 Å². The number of hydrogen-bond acceptors (Lipinski definition) is 7. The second kappa shape index (κ2) is 8.09. The Labute approximate surface area is 175 Å². The average Bonchev–Trinajstić information content (AvgIpc) is 3.40. The van der Waals surface area contributed by atoms with Crippen molar-refractivity contribution in [3.05, 3.63) is 59.6 Å². The minimum absolute atomic E-state index is 0.153. The molecule has 3 heterocycles. The Bertz CT molecular complexity index is 1270. The van der Waals surface area contributed by atoms with E-state index in [2.05, 4.69) is 20.2 Å². The number of benzene rings is 1. The second-order valence-corrected chi connectivity index (χ2v) is 6.59. The monoisotopic (exact) mass is 428 g/mol. The minimum Gasteiger partial charge on any atom is -0.479 e. The SMILES string of the molecule is CCOC(=O)c1cnn(-c2nc(OC)c3c(cnn3[C@@H](C)c3ccc(F)cc3F)n2)c1. The molecule has 0 amide bonds. The van der Waals surface area contributed by atoms with E-state index in [1.807, 2.05) is 0 Å².